The molecule has 4 rings (SSSR count). The molecule has 136 valence electrons. The van der Waals surface area contributed by atoms with Gasteiger partial charge in [0.1, 0.15) is 11.9 Å². The molecule has 2 fully saturated rings. The monoisotopic (exact) mass is 371 g/mol. The summed E-state index contributed by atoms with van der Waals surface area (Å²) in [6.07, 6.45) is 5.77. The number of likely N-dealkylation sites (tertiary alicyclic amines) is 1. The van der Waals surface area contributed by atoms with E-state index in [-0.39, 0.29) is 11.9 Å². The number of rotatable bonds is 4. The number of benzene rings is 1. The molecule has 3 heterocycles. The molecule has 0 saturated carbocycles. The molecule has 2 aliphatic heterocycles. The van der Waals surface area contributed by atoms with Crippen LogP contribution in [0.4, 0.5) is 17.5 Å². The predicted octanol–water partition coefficient (Wildman–Crippen LogP) is 3.46. The van der Waals surface area contributed by atoms with Gasteiger partial charge in [-0.3, -0.25) is 4.79 Å². The largest absolute Gasteiger partial charge is 0.341 e. The first-order chi connectivity index (χ1) is 12.7. The van der Waals surface area contributed by atoms with Crippen molar-refractivity contribution >= 4 is 35.0 Å². The third kappa shape index (κ3) is 3.46. The maximum absolute atomic E-state index is 12.8. The standard InChI is InChI=1S/C19H22ClN5O/c20-14-6-1-2-7-15(14)22-17-9-10-21-19(23-17)25-13-5-8-16(25)18(26)24-11-3-4-12-24/h1-2,6-7,9-10,16H,3-5,8,11-13H2,(H,21,22,23)/t16-/m0/s1. The Morgan fingerprint density at radius 3 is 2.73 bits per heavy atom. The van der Waals surface area contributed by atoms with Gasteiger partial charge in [-0.25, -0.2) is 4.98 Å². The minimum Gasteiger partial charge on any atom is -0.341 e. The second-order valence-corrected chi connectivity index (χ2v) is 7.14. The molecule has 2 aliphatic rings. The molecule has 0 spiro atoms. The Balaban J connectivity index is 1.53. The Kier molecular flexibility index (Phi) is 4.93. The van der Waals surface area contributed by atoms with Gasteiger partial charge in [0.2, 0.25) is 11.9 Å². The molecular formula is C19H22ClN5O. The molecule has 26 heavy (non-hydrogen) atoms. The van der Waals surface area contributed by atoms with Crippen LogP contribution in [0.2, 0.25) is 5.02 Å². The van der Waals surface area contributed by atoms with E-state index >= 15 is 0 Å². The summed E-state index contributed by atoms with van der Waals surface area (Å²) < 4.78 is 0. The fourth-order valence-corrected chi connectivity index (χ4v) is 3.85. The van der Waals surface area contributed by atoms with Gasteiger partial charge in [-0.05, 0) is 43.9 Å². The molecule has 7 heteroatoms. The average Bonchev–Trinajstić information content (AvgIpc) is 3.35. The van der Waals surface area contributed by atoms with Crippen molar-refractivity contribution < 1.29 is 4.79 Å². The number of para-hydroxylation sites is 1. The van der Waals surface area contributed by atoms with Crippen molar-refractivity contribution in [3.8, 4) is 0 Å². The van der Waals surface area contributed by atoms with Gasteiger partial charge in [0.05, 0.1) is 10.7 Å². The van der Waals surface area contributed by atoms with Gasteiger partial charge in [-0.15, -0.1) is 0 Å². The van der Waals surface area contributed by atoms with E-state index in [1.807, 2.05) is 34.1 Å². The molecule has 0 unspecified atom stereocenters. The summed E-state index contributed by atoms with van der Waals surface area (Å²) >= 11 is 6.21. The van der Waals surface area contributed by atoms with Crippen LogP contribution in [0, 0.1) is 0 Å². The highest BCUT2D eigenvalue weighted by molar-refractivity contribution is 6.33. The maximum Gasteiger partial charge on any atom is 0.245 e. The quantitative estimate of drug-likeness (QED) is 0.891. The first-order valence-electron chi connectivity index (χ1n) is 9.12. The number of halogens is 1. The maximum atomic E-state index is 12.8. The van der Waals surface area contributed by atoms with Gasteiger partial charge >= 0.3 is 0 Å². The molecule has 2 saturated heterocycles. The zero-order chi connectivity index (χ0) is 17.9. The van der Waals surface area contributed by atoms with E-state index in [2.05, 4.69) is 15.3 Å². The smallest absolute Gasteiger partial charge is 0.245 e. The molecule has 1 N–H and O–H groups in total. The lowest BCUT2D eigenvalue weighted by Gasteiger charge is -2.27. The van der Waals surface area contributed by atoms with Crippen LogP contribution < -0.4 is 10.2 Å². The molecule has 0 bridgehead atoms. The van der Waals surface area contributed by atoms with Crippen LogP contribution in [0.25, 0.3) is 0 Å². The van der Waals surface area contributed by atoms with Gasteiger partial charge in [0.25, 0.3) is 0 Å². The number of amides is 1. The molecule has 1 amide bonds. The van der Waals surface area contributed by atoms with Crippen LogP contribution in [0.3, 0.4) is 0 Å². The zero-order valence-corrected chi connectivity index (χ0v) is 15.3. The van der Waals surface area contributed by atoms with E-state index < -0.39 is 0 Å². The van der Waals surface area contributed by atoms with Crippen molar-refractivity contribution in [3.63, 3.8) is 0 Å². The fraction of sp³-hybridized carbons (Fsp3) is 0.421. The lowest BCUT2D eigenvalue weighted by atomic mass is 10.2. The average molecular weight is 372 g/mol. The van der Waals surface area contributed by atoms with Gasteiger partial charge in [0.15, 0.2) is 0 Å². The summed E-state index contributed by atoms with van der Waals surface area (Å²) in [5.41, 5.74) is 0.796. The second-order valence-electron chi connectivity index (χ2n) is 6.73. The van der Waals surface area contributed by atoms with E-state index in [0.717, 1.165) is 51.0 Å². The third-order valence-corrected chi connectivity index (χ3v) is 5.32. The lowest BCUT2D eigenvalue weighted by Crippen LogP contribution is -2.45. The van der Waals surface area contributed by atoms with Crippen molar-refractivity contribution in [3.05, 3.63) is 41.6 Å². The number of anilines is 3. The van der Waals surface area contributed by atoms with Crippen molar-refractivity contribution in [2.45, 2.75) is 31.7 Å². The Morgan fingerprint density at radius 2 is 1.92 bits per heavy atom. The van der Waals surface area contributed by atoms with E-state index in [9.17, 15) is 4.79 Å². The van der Waals surface area contributed by atoms with Crippen molar-refractivity contribution in [1.82, 2.24) is 14.9 Å². The number of nitrogens with one attached hydrogen (secondary N) is 1. The normalized spacial score (nSPS) is 19.8. The van der Waals surface area contributed by atoms with E-state index in [1.165, 1.54) is 0 Å². The van der Waals surface area contributed by atoms with Gasteiger partial charge in [0, 0.05) is 25.8 Å². The summed E-state index contributed by atoms with van der Waals surface area (Å²) in [6, 6.07) is 9.19. The third-order valence-electron chi connectivity index (χ3n) is 4.99. The number of hydrogen-bond acceptors (Lipinski definition) is 5. The molecule has 2 aromatic rings. The molecule has 0 radical (unpaired) electrons. The van der Waals surface area contributed by atoms with Crippen molar-refractivity contribution in [2.24, 2.45) is 0 Å². The lowest BCUT2D eigenvalue weighted by molar-refractivity contribution is -0.131. The topological polar surface area (TPSA) is 61.4 Å². The van der Waals surface area contributed by atoms with Crippen molar-refractivity contribution in [1.29, 1.82) is 0 Å². The first-order valence-corrected chi connectivity index (χ1v) is 9.50. The molecule has 1 atom stereocenters. The van der Waals surface area contributed by atoms with Crippen LogP contribution in [0.5, 0.6) is 0 Å². The van der Waals surface area contributed by atoms with Crippen molar-refractivity contribution in [2.75, 3.05) is 29.9 Å². The molecular weight excluding hydrogens is 350 g/mol. The van der Waals surface area contributed by atoms with Crippen LogP contribution >= 0.6 is 11.6 Å². The van der Waals surface area contributed by atoms with Crippen LogP contribution in [-0.4, -0.2) is 46.5 Å². The number of nitrogens with zero attached hydrogens (tertiary/aromatic N) is 4. The summed E-state index contributed by atoms with van der Waals surface area (Å²) in [6.45, 7) is 2.55. The first kappa shape index (κ1) is 17.1. The Labute approximate surface area is 158 Å². The minimum absolute atomic E-state index is 0.149. The summed E-state index contributed by atoms with van der Waals surface area (Å²) in [4.78, 5) is 25.9. The number of aromatic nitrogens is 2. The molecule has 6 nitrogen and oxygen atoms in total. The van der Waals surface area contributed by atoms with E-state index in [4.69, 9.17) is 11.6 Å². The number of hydrogen-bond donors (Lipinski definition) is 1. The highest BCUT2D eigenvalue weighted by Crippen LogP contribution is 2.28. The number of carbonyl (C=O) groups is 1. The van der Waals surface area contributed by atoms with Crippen LogP contribution in [-0.2, 0) is 4.79 Å². The van der Waals surface area contributed by atoms with Gasteiger partial charge in [-0.1, -0.05) is 23.7 Å². The van der Waals surface area contributed by atoms with Gasteiger partial charge < -0.3 is 15.1 Å². The Morgan fingerprint density at radius 1 is 1.12 bits per heavy atom. The van der Waals surface area contributed by atoms with Crippen LogP contribution in [0.1, 0.15) is 25.7 Å². The second kappa shape index (κ2) is 7.50. The zero-order valence-electron chi connectivity index (χ0n) is 14.6. The Bertz CT molecular complexity index is 793. The highest BCUT2D eigenvalue weighted by atomic mass is 35.5. The van der Waals surface area contributed by atoms with E-state index in [0.29, 0.717) is 16.8 Å². The minimum atomic E-state index is -0.149. The number of carbonyl (C=O) groups excluding carboxylic acids is 1. The van der Waals surface area contributed by atoms with Crippen LogP contribution in [0.15, 0.2) is 36.5 Å². The fourth-order valence-electron chi connectivity index (χ4n) is 3.67. The van der Waals surface area contributed by atoms with Gasteiger partial charge in [-0.2, -0.15) is 4.98 Å². The molecule has 0 aliphatic carbocycles. The predicted molar refractivity (Wildman–Crippen MR) is 103 cm³/mol. The highest BCUT2D eigenvalue weighted by Gasteiger charge is 2.36. The SMILES string of the molecule is O=C([C@@H]1CCCN1c1nccc(Nc2ccccc2Cl)n1)N1CCCC1. The Hall–Kier alpha value is -2.34. The molecule has 1 aromatic heterocycles. The summed E-state index contributed by atoms with van der Waals surface area (Å²) in [5, 5.41) is 3.87. The summed E-state index contributed by atoms with van der Waals surface area (Å²) in [5.74, 6) is 1.48. The van der Waals surface area contributed by atoms with E-state index in [1.54, 1.807) is 12.3 Å². The molecule has 1 aromatic carbocycles. The summed E-state index contributed by atoms with van der Waals surface area (Å²) in [7, 11) is 0.